The third-order valence-corrected chi connectivity index (χ3v) is 3.66. The Hall–Kier alpha value is -1.88. The zero-order valence-corrected chi connectivity index (χ0v) is 10.1. The van der Waals surface area contributed by atoms with E-state index >= 15 is 0 Å². The molecule has 0 aliphatic carbocycles. The second-order valence-corrected chi connectivity index (χ2v) is 4.91. The SMILES string of the molecule is CC12COCC1NC(=O)N(c1ccccc1)C2=O. The van der Waals surface area contributed by atoms with E-state index in [2.05, 4.69) is 5.32 Å². The molecule has 0 aromatic heterocycles. The number of hydrogen-bond donors (Lipinski definition) is 1. The molecule has 18 heavy (non-hydrogen) atoms. The van der Waals surface area contributed by atoms with Crippen LogP contribution >= 0.6 is 0 Å². The van der Waals surface area contributed by atoms with Crippen LogP contribution in [-0.4, -0.2) is 31.2 Å². The van der Waals surface area contributed by atoms with Crippen LogP contribution in [0.3, 0.4) is 0 Å². The van der Waals surface area contributed by atoms with Gasteiger partial charge in [0.2, 0.25) is 5.91 Å². The van der Waals surface area contributed by atoms with Crippen molar-refractivity contribution in [2.24, 2.45) is 5.41 Å². The second-order valence-electron chi connectivity index (χ2n) is 4.91. The molecule has 2 fully saturated rings. The Bertz CT molecular complexity index is 502. The van der Waals surface area contributed by atoms with Crippen molar-refractivity contribution in [1.82, 2.24) is 5.32 Å². The van der Waals surface area contributed by atoms with Crippen LogP contribution in [0.4, 0.5) is 10.5 Å². The number of ether oxygens (including phenoxy) is 1. The topological polar surface area (TPSA) is 58.6 Å². The summed E-state index contributed by atoms with van der Waals surface area (Å²) in [6.07, 6.45) is 0. The molecule has 2 unspecified atom stereocenters. The van der Waals surface area contributed by atoms with Crippen molar-refractivity contribution < 1.29 is 14.3 Å². The van der Waals surface area contributed by atoms with E-state index in [0.717, 1.165) is 0 Å². The predicted octanol–water partition coefficient (Wildman–Crippen LogP) is 1.15. The molecular formula is C13H14N2O3. The fraction of sp³-hybridized carbons (Fsp3) is 0.385. The summed E-state index contributed by atoms with van der Waals surface area (Å²) in [5.41, 5.74) is -0.0735. The van der Waals surface area contributed by atoms with Crippen LogP contribution in [0.5, 0.6) is 0 Å². The first kappa shape index (κ1) is 11.2. The number of rotatable bonds is 1. The number of nitrogens with zero attached hydrogens (tertiary/aromatic N) is 1. The van der Waals surface area contributed by atoms with Gasteiger partial charge in [0, 0.05) is 0 Å². The van der Waals surface area contributed by atoms with Crippen LogP contribution in [0.2, 0.25) is 0 Å². The lowest BCUT2D eigenvalue weighted by Gasteiger charge is -2.39. The van der Waals surface area contributed by atoms with Crippen molar-refractivity contribution in [3.05, 3.63) is 30.3 Å². The Morgan fingerprint density at radius 2 is 2.06 bits per heavy atom. The van der Waals surface area contributed by atoms with Crippen LogP contribution < -0.4 is 10.2 Å². The number of nitrogens with one attached hydrogen (secondary N) is 1. The minimum Gasteiger partial charge on any atom is -0.378 e. The number of imide groups is 1. The highest BCUT2D eigenvalue weighted by molar-refractivity contribution is 6.18. The largest absolute Gasteiger partial charge is 0.378 e. The van der Waals surface area contributed by atoms with E-state index < -0.39 is 5.41 Å². The van der Waals surface area contributed by atoms with E-state index in [1.54, 1.807) is 24.3 Å². The molecule has 94 valence electrons. The van der Waals surface area contributed by atoms with Crippen molar-refractivity contribution in [1.29, 1.82) is 0 Å². The maximum atomic E-state index is 12.5. The molecule has 0 spiro atoms. The summed E-state index contributed by atoms with van der Waals surface area (Å²) in [4.78, 5) is 25.8. The quantitative estimate of drug-likeness (QED) is 0.808. The number of para-hydroxylation sites is 1. The average molecular weight is 246 g/mol. The summed E-state index contributed by atoms with van der Waals surface area (Å²) in [5.74, 6) is -0.194. The van der Waals surface area contributed by atoms with Gasteiger partial charge in [-0.05, 0) is 19.1 Å². The Kier molecular flexibility index (Phi) is 2.38. The molecule has 1 aromatic carbocycles. The van der Waals surface area contributed by atoms with Crippen molar-refractivity contribution in [3.8, 4) is 0 Å². The van der Waals surface area contributed by atoms with E-state index in [1.165, 1.54) is 4.90 Å². The number of carbonyl (C=O) groups is 2. The predicted molar refractivity (Wildman–Crippen MR) is 65.2 cm³/mol. The monoisotopic (exact) mass is 246 g/mol. The van der Waals surface area contributed by atoms with Crippen molar-refractivity contribution in [2.75, 3.05) is 18.1 Å². The zero-order chi connectivity index (χ0) is 12.8. The van der Waals surface area contributed by atoms with Crippen LogP contribution in [0.15, 0.2) is 30.3 Å². The fourth-order valence-corrected chi connectivity index (χ4v) is 2.46. The van der Waals surface area contributed by atoms with Crippen molar-refractivity contribution >= 4 is 17.6 Å². The maximum Gasteiger partial charge on any atom is 0.329 e. The number of anilines is 1. The van der Waals surface area contributed by atoms with E-state index in [9.17, 15) is 9.59 Å². The van der Waals surface area contributed by atoms with E-state index in [1.807, 2.05) is 13.0 Å². The zero-order valence-electron chi connectivity index (χ0n) is 10.1. The summed E-state index contributed by atoms with van der Waals surface area (Å²) in [6.45, 7) is 2.58. The Morgan fingerprint density at radius 1 is 1.33 bits per heavy atom. The number of benzene rings is 1. The molecule has 1 aromatic rings. The molecule has 3 rings (SSSR count). The number of amides is 3. The first-order valence-corrected chi connectivity index (χ1v) is 5.91. The molecule has 2 atom stereocenters. The van der Waals surface area contributed by atoms with Gasteiger partial charge < -0.3 is 10.1 Å². The summed E-state index contributed by atoms with van der Waals surface area (Å²) in [5, 5.41) is 2.84. The third-order valence-electron chi connectivity index (χ3n) is 3.66. The molecule has 2 saturated heterocycles. The van der Waals surface area contributed by atoms with Gasteiger partial charge in [0.05, 0.1) is 30.4 Å². The summed E-state index contributed by atoms with van der Waals surface area (Å²) >= 11 is 0. The molecule has 0 radical (unpaired) electrons. The molecule has 0 saturated carbocycles. The molecule has 5 nitrogen and oxygen atoms in total. The summed E-state index contributed by atoms with van der Waals surface area (Å²) < 4.78 is 5.34. The summed E-state index contributed by atoms with van der Waals surface area (Å²) in [7, 11) is 0. The first-order valence-electron chi connectivity index (χ1n) is 5.91. The molecule has 3 amide bonds. The normalized spacial score (nSPS) is 31.2. The lowest BCUT2D eigenvalue weighted by molar-refractivity contribution is -0.128. The van der Waals surface area contributed by atoms with Gasteiger partial charge in [-0.25, -0.2) is 9.69 Å². The highest BCUT2D eigenvalue weighted by Crippen LogP contribution is 2.35. The fourth-order valence-electron chi connectivity index (χ4n) is 2.46. The number of carbonyl (C=O) groups excluding carboxylic acids is 2. The molecule has 1 N–H and O–H groups in total. The smallest absolute Gasteiger partial charge is 0.329 e. The van der Waals surface area contributed by atoms with Crippen molar-refractivity contribution in [2.45, 2.75) is 13.0 Å². The lowest BCUT2D eigenvalue weighted by atomic mass is 9.82. The van der Waals surface area contributed by atoms with Gasteiger partial charge in [0.15, 0.2) is 0 Å². The molecule has 5 heteroatoms. The lowest BCUT2D eigenvalue weighted by Crippen LogP contribution is -2.64. The highest BCUT2D eigenvalue weighted by atomic mass is 16.5. The Morgan fingerprint density at radius 3 is 2.78 bits per heavy atom. The van der Waals surface area contributed by atoms with E-state index in [0.29, 0.717) is 18.9 Å². The minimum atomic E-state index is -0.663. The highest BCUT2D eigenvalue weighted by Gasteiger charge is 2.54. The van der Waals surface area contributed by atoms with Crippen LogP contribution in [-0.2, 0) is 9.53 Å². The van der Waals surface area contributed by atoms with Crippen LogP contribution in [0.25, 0.3) is 0 Å². The number of urea groups is 1. The van der Waals surface area contributed by atoms with Gasteiger partial charge in [-0.1, -0.05) is 18.2 Å². The third kappa shape index (κ3) is 1.44. The maximum absolute atomic E-state index is 12.5. The Balaban J connectivity index is 2.01. The number of fused-ring (bicyclic) bond motifs is 1. The second kappa shape index (κ2) is 3.81. The molecule has 0 bridgehead atoms. The molecular weight excluding hydrogens is 232 g/mol. The van der Waals surface area contributed by atoms with Gasteiger partial charge in [-0.3, -0.25) is 4.79 Å². The van der Waals surface area contributed by atoms with Gasteiger partial charge in [-0.2, -0.15) is 0 Å². The van der Waals surface area contributed by atoms with Crippen LogP contribution in [0, 0.1) is 5.41 Å². The minimum absolute atomic E-state index is 0.194. The van der Waals surface area contributed by atoms with Crippen molar-refractivity contribution in [3.63, 3.8) is 0 Å². The van der Waals surface area contributed by atoms with Crippen LogP contribution in [0.1, 0.15) is 6.92 Å². The average Bonchev–Trinajstić information content (AvgIpc) is 2.74. The van der Waals surface area contributed by atoms with Gasteiger partial charge in [0.25, 0.3) is 0 Å². The van der Waals surface area contributed by atoms with Gasteiger partial charge in [0.1, 0.15) is 0 Å². The number of hydrogen-bond acceptors (Lipinski definition) is 3. The molecule has 2 heterocycles. The van der Waals surface area contributed by atoms with Gasteiger partial charge >= 0.3 is 6.03 Å². The Labute approximate surface area is 105 Å². The first-order chi connectivity index (χ1) is 8.63. The summed E-state index contributed by atoms with van der Waals surface area (Å²) in [6, 6.07) is 8.34. The van der Waals surface area contributed by atoms with E-state index in [-0.39, 0.29) is 18.0 Å². The molecule has 2 aliphatic heterocycles. The standard InChI is InChI=1S/C13H14N2O3/c1-13-8-18-7-10(13)14-12(17)15(11(13)16)9-5-3-2-4-6-9/h2-6,10H,7-8H2,1H3,(H,14,17). The molecule has 2 aliphatic rings. The van der Waals surface area contributed by atoms with Gasteiger partial charge in [-0.15, -0.1) is 0 Å². The van der Waals surface area contributed by atoms with E-state index in [4.69, 9.17) is 4.74 Å².